The Hall–Kier alpha value is -3.73. The van der Waals surface area contributed by atoms with Gasteiger partial charge < -0.3 is 4.74 Å². The number of rotatable bonds is 5. The van der Waals surface area contributed by atoms with Gasteiger partial charge in [-0.2, -0.15) is 9.90 Å². The van der Waals surface area contributed by atoms with Gasteiger partial charge in [0.05, 0.1) is 13.3 Å². The van der Waals surface area contributed by atoms with Crippen molar-refractivity contribution < 1.29 is 9.53 Å². The van der Waals surface area contributed by atoms with Crippen molar-refractivity contribution in [1.82, 2.24) is 15.0 Å². The highest BCUT2D eigenvalue weighted by atomic mass is 16.5. The van der Waals surface area contributed by atoms with Gasteiger partial charge in [-0.05, 0) is 16.7 Å². The van der Waals surface area contributed by atoms with E-state index in [0.29, 0.717) is 0 Å². The van der Waals surface area contributed by atoms with Crippen LogP contribution in [0.4, 0.5) is 0 Å². The molecule has 4 rings (SSSR count). The van der Waals surface area contributed by atoms with Gasteiger partial charge in [-0.15, -0.1) is 5.10 Å². The first-order valence-electron chi connectivity index (χ1n) is 8.94. The topological polar surface area (TPSA) is 57.0 Å². The molecule has 28 heavy (non-hydrogen) atoms. The molecule has 0 fully saturated rings. The van der Waals surface area contributed by atoms with E-state index in [-0.39, 0.29) is 5.69 Å². The summed E-state index contributed by atoms with van der Waals surface area (Å²) in [6.07, 6.45) is 1.44. The Labute approximate surface area is 163 Å². The fraction of sp³-hybridized carbons (Fsp3) is 0.0870. The van der Waals surface area contributed by atoms with E-state index >= 15 is 0 Å². The zero-order valence-corrected chi connectivity index (χ0v) is 15.4. The van der Waals surface area contributed by atoms with Crippen LogP contribution in [0.1, 0.15) is 27.2 Å². The number of aromatic nitrogens is 3. The first-order chi connectivity index (χ1) is 13.8. The molecule has 0 aliphatic rings. The smallest absolute Gasteiger partial charge is 0.360 e. The molecule has 1 heterocycles. The van der Waals surface area contributed by atoms with Gasteiger partial charge in [-0.25, -0.2) is 4.79 Å². The molecular weight excluding hydrogens is 350 g/mol. The summed E-state index contributed by atoms with van der Waals surface area (Å²) in [5.74, 6) is -0.519. The number of benzene rings is 3. The van der Waals surface area contributed by atoms with Gasteiger partial charge in [-0.1, -0.05) is 91.0 Å². The summed E-state index contributed by atoms with van der Waals surface area (Å²) in [7, 11) is 1.33. The van der Waals surface area contributed by atoms with E-state index in [1.165, 1.54) is 13.3 Å². The van der Waals surface area contributed by atoms with Gasteiger partial charge in [0.15, 0.2) is 11.2 Å². The minimum atomic E-state index is -0.837. The zero-order valence-electron chi connectivity index (χ0n) is 15.4. The predicted octanol–water partition coefficient (Wildman–Crippen LogP) is 3.90. The summed E-state index contributed by atoms with van der Waals surface area (Å²) in [6, 6.07) is 30.1. The summed E-state index contributed by atoms with van der Waals surface area (Å²) in [5, 5.41) is 9.01. The minimum Gasteiger partial charge on any atom is -0.464 e. The van der Waals surface area contributed by atoms with Gasteiger partial charge in [0.2, 0.25) is 0 Å². The molecule has 0 amide bonds. The molecule has 0 saturated heterocycles. The van der Waals surface area contributed by atoms with Crippen LogP contribution in [0.5, 0.6) is 0 Å². The van der Waals surface area contributed by atoms with E-state index in [4.69, 9.17) is 4.74 Å². The molecule has 4 aromatic rings. The van der Waals surface area contributed by atoms with Gasteiger partial charge >= 0.3 is 5.97 Å². The number of esters is 1. The first-order valence-corrected chi connectivity index (χ1v) is 8.94. The number of nitrogens with zero attached hydrogens (tertiary/aromatic N) is 3. The molecule has 5 heteroatoms. The van der Waals surface area contributed by atoms with E-state index in [1.54, 1.807) is 4.80 Å². The number of carbonyl (C=O) groups excluding carboxylic acids is 1. The van der Waals surface area contributed by atoms with Crippen LogP contribution in [0.15, 0.2) is 97.2 Å². The van der Waals surface area contributed by atoms with E-state index in [1.807, 2.05) is 91.0 Å². The maximum Gasteiger partial charge on any atom is 0.360 e. The molecule has 0 bridgehead atoms. The van der Waals surface area contributed by atoms with Gasteiger partial charge in [0.1, 0.15) is 0 Å². The average molecular weight is 369 g/mol. The highest BCUT2D eigenvalue weighted by Crippen LogP contribution is 2.39. The van der Waals surface area contributed by atoms with Gasteiger partial charge in [-0.3, -0.25) is 0 Å². The normalized spacial score (nSPS) is 11.2. The second kappa shape index (κ2) is 7.48. The number of methoxy groups -OCH3 is 1. The number of hydrogen-bond acceptors (Lipinski definition) is 4. The lowest BCUT2D eigenvalue weighted by Crippen LogP contribution is -2.39. The van der Waals surface area contributed by atoms with Crippen molar-refractivity contribution in [2.24, 2.45) is 0 Å². The number of carbonyl (C=O) groups is 1. The third-order valence-electron chi connectivity index (χ3n) is 4.76. The Morgan fingerprint density at radius 1 is 0.786 bits per heavy atom. The summed E-state index contributed by atoms with van der Waals surface area (Å²) in [5.41, 5.74) is 2.28. The zero-order chi connectivity index (χ0) is 19.4. The summed E-state index contributed by atoms with van der Waals surface area (Å²) in [6.45, 7) is 0. The Morgan fingerprint density at radius 2 is 1.21 bits per heavy atom. The van der Waals surface area contributed by atoms with Crippen molar-refractivity contribution in [3.63, 3.8) is 0 Å². The van der Waals surface area contributed by atoms with Crippen molar-refractivity contribution >= 4 is 5.97 Å². The largest absolute Gasteiger partial charge is 0.464 e. The highest BCUT2D eigenvalue weighted by molar-refractivity contribution is 5.86. The molecule has 0 N–H and O–H groups in total. The van der Waals surface area contributed by atoms with Crippen LogP contribution >= 0.6 is 0 Å². The van der Waals surface area contributed by atoms with E-state index in [9.17, 15) is 4.79 Å². The number of hydrogen-bond donors (Lipinski definition) is 0. The molecule has 0 aliphatic carbocycles. The lowest BCUT2D eigenvalue weighted by atomic mass is 9.77. The van der Waals surface area contributed by atoms with Crippen molar-refractivity contribution in [2.75, 3.05) is 7.11 Å². The highest BCUT2D eigenvalue weighted by Gasteiger charge is 2.40. The molecular formula is C23H19N3O2. The van der Waals surface area contributed by atoms with E-state index < -0.39 is 11.5 Å². The lowest BCUT2D eigenvalue weighted by molar-refractivity contribution is 0.0592. The molecule has 0 radical (unpaired) electrons. The van der Waals surface area contributed by atoms with Crippen LogP contribution in [-0.4, -0.2) is 28.1 Å². The molecule has 3 aromatic carbocycles. The van der Waals surface area contributed by atoms with Crippen molar-refractivity contribution in [3.05, 3.63) is 120 Å². The van der Waals surface area contributed by atoms with Crippen LogP contribution in [0.25, 0.3) is 0 Å². The second-order valence-corrected chi connectivity index (χ2v) is 6.32. The Balaban J connectivity index is 2.07. The fourth-order valence-corrected chi connectivity index (χ4v) is 3.51. The Bertz CT molecular complexity index is 964. The third kappa shape index (κ3) is 2.87. The van der Waals surface area contributed by atoms with Crippen LogP contribution in [0.2, 0.25) is 0 Å². The Morgan fingerprint density at radius 3 is 1.61 bits per heavy atom. The van der Waals surface area contributed by atoms with Crippen LogP contribution < -0.4 is 0 Å². The molecule has 0 spiro atoms. The molecule has 138 valence electrons. The summed E-state index contributed by atoms with van der Waals surface area (Å²) < 4.78 is 4.82. The van der Waals surface area contributed by atoms with Crippen LogP contribution in [0, 0.1) is 0 Å². The lowest BCUT2D eigenvalue weighted by Gasteiger charge is -2.34. The number of ether oxygens (including phenoxy) is 1. The third-order valence-corrected chi connectivity index (χ3v) is 4.76. The van der Waals surface area contributed by atoms with E-state index in [0.717, 1.165) is 16.7 Å². The average Bonchev–Trinajstić information content (AvgIpc) is 3.26. The Kier molecular flexibility index (Phi) is 4.72. The van der Waals surface area contributed by atoms with Crippen molar-refractivity contribution in [1.29, 1.82) is 0 Å². The maximum atomic E-state index is 12.0. The SMILES string of the molecule is COC(=O)c1cnn(C(c2ccccc2)(c2ccccc2)c2ccccc2)n1. The molecule has 0 aliphatic heterocycles. The van der Waals surface area contributed by atoms with E-state index in [2.05, 4.69) is 10.2 Å². The summed E-state index contributed by atoms with van der Waals surface area (Å²) >= 11 is 0. The van der Waals surface area contributed by atoms with Crippen molar-refractivity contribution in [2.45, 2.75) is 5.54 Å². The van der Waals surface area contributed by atoms with Crippen molar-refractivity contribution in [3.8, 4) is 0 Å². The minimum absolute atomic E-state index is 0.162. The standard InChI is InChI=1S/C23H19N3O2/c1-28-22(27)21-17-24-26(25-21)23(18-11-5-2-6-12-18,19-13-7-3-8-14-19)20-15-9-4-10-16-20/h2-17H,1H3. The predicted molar refractivity (Wildman–Crippen MR) is 106 cm³/mol. The van der Waals surface area contributed by atoms with Crippen LogP contribution in [-0.2, 0) is 10.3 Å². The van der Waals surface area contributed by atoms with Gasteiger partial charge in [0, 0.05) is 0 Å². The maximum absolute atomic E-state index is 12.0. The molecule has 1 aromatic heterocycles. The summed E-state index contributed by atoms with van der Waals surface area (Å²) in [4.78, 5) is 13.6. The molecule has 0 unspecified atom stereocenters. The monoisotopic (exact) mass is 369 g/mol. The fourth-order valence-electron chi connectivity index (χ4n) is 3.51. The second-order valence-electron chi connectivity index (χ2n) is 6.32. The quantitative estimate of drug-likeness (QED) is 0.395. The first kappa shape index (κ1) is 17.7. The molecule has 0 saturated carbocycles. The molecule has 5 nitrogen and oxygen atoms in total. The van der Waals surface area contributed by atoms with Gasteiger partial charge in [0.25, 0.3) is 0 Å². The van der Waals surface area contributed by atoms with Crippen LogP contribution in [0.3, 0.4) is 0 Å². The molecule has 0 atom stereocenters.